The van der Waals surface area contributed by atoms with Gasteiger partial charge in [-0.25, -0.2) is 0 Å². The molecule has 0 radical (unpaired) electrons. The van der Waals surface area contributed by atoms with Crippen molar-refractivity contribution < 1.29 is 4.79 Å². The van der Waals surface area contributed by atoms with Crippen molar-refractivity contribution in [2.75, 3.05) is 11.1 Å². The first-order valence-electron chi connectivity index (χ1n) is 5.23. The van der Waals surface area contributed by atoms with Gasteiger partial charge in [-0.2, -0.15) is 5.10 Å². The number of hydrogen-bond donors (Lipinski definition) is 2. The van der Waals surface area contributed by atoms with Crippen molar-refractivity contribution in [2.45, 2.75) is 6.92 Å². The Labute approximate surface area is 99.2 Å². The maximum absolute atomic E-state index is 11.9. The number of rotatable bonds is 2. The number of nitrogen functional groups attached to an aromatic ring is 1. The van der Waals surface area contributed by atoms with Gasteiger partial charge in [0.05, 0.1) is 0 Å². The number of carbonyl (C=O) groups excluding carboxylic acids is 1. The molecule has 2 rings (SSSR count). The number of benzene rings is 1. The Kier molecular flexibility index (Phi) is 2.82. The van der Waals surface area contributed by atoms with Crippen LogP contribution >= 0.6 is 0 Å². The van der Waals surface area contributed by atoms with Gasteiger partial charge >= 0.3 is 0 Å². The molecule has 0 aliphatic heterocycles. The Balaban J connectivity index is 2.22. The van der Waals surface area contributed by atoms with Crippen molar-refractivity contribution in [1.82, 2.24) is 9.78 Å². The molecule has 1 aromatic heterocycles. The van der Waals surface area contributed by atoms with E-state index in [0.29, 0.717) is 11.4 Å². The zero-order valence-electron chi connectivity index (χ0n) is 9.77. The summed E-state index contributed by atoms with van der Waals surface area (Å²) in [5, 5.41) is 6.78. The lowest BCUT2D eigenvalue weighted by Crippen LogP contribution is -2.16. The molecule has 1 aromatic carbocycles. The lowest BCUT2D eigenvalue weighted by molar-refractivity contribution is 0.101. The fourth-order valence-corrected chi connectivity index (χ4v) is 1.61. The van der Waals surface area contributed by atoms with Gasteiger partial charge in [-0.05, 0) is 36.8 Å². The monoisotopic (exact) mass is 230 g/mol. The van der Waals surface area contributed by atoms with Crippen LogP contribution in [0.4, 0.5) is 11.4 Å². The second kappa shape index (κ2) is 4.29. The number of nitrogens with zero attached hydrogens (tertiary/aromatic N) is 2. The molecule has 5 nitrogen and oxygen atoms in total. The first-order chi connectivity index (χ1) is 8.08. The lowest BCUT2D eigenvalue weighted by atomic mass is 10.2. The van der Waals surface area contributed by atoms with E-state index in [1.807, 2.05) is 13.0 Å². The zero-order valence-corrected chi connectivity index (χ0v) is 9.77. The first-order valence-corrected chi connectivity index (χ1v) is 5.23. The Bertz CT molecular complexity index is 559. The predicted molar refractivity (Wildman–Crippen MR) is 66.8 cm³/mol. The molecule has 17 heavy (non-hydrogen) atoms. The third kappa shape index (κ3) is 2.28. The smallest absolute Gasteiger partial charge is 0.273 e. The van der Waals surface area contributed by atoms with Gasteiger partial charge in [0.2, 0.25) is 0 Å². The third-order valence-electron chi connectivity index (χ3n) is 2.55. The average Bonchev–Trinajstić information content (AvgIpc) is 2.68. The summed E-state index contributed by atoms with van der Waals surface area (Å²) in [6, 6.07) is 7.03. The largest absolute Gasteiger partial charge is 0.399 e. The van der Waals surface area contributed by atoms with Crippen LogP contribution in [0.1, 0.15) is 16.1 Å². The van der Waals surface area contributed by atoms with E-state index in [9.17, 15) is 4.79 Å². The second-order valence-corrected chi connectivity index (χ2v) is 3.87. The SMILES string of the molecule is Cc1cc(N)ccc1NC(=O)c1ccnn1C. The summed E-state index contributed by atoms with van der Waals surface area (Å²) >= 11 is 0. The zero-order chi connectivity index (χ0) is 12.4. The minimum Gasteiger partial charge on any atom is -0.399 e. The molecule has 3 N–H and O–H groups in total. The fourth-order valence-electron chi connectivity index (χ4n) is 1.61. The molecular weight excluding hydrogens is 216 g/mol. The number of nitrogens with two attached hydrogens (primary N) is 1. The quantitative estimate of drug-likeness (QED) is 0.769. The van der Waals surface area contributed by atoms with E-state index in [2.05, 4.69) is 10.4 Å². The van der Waals surface area contributed by atoms with Gasteiger partial charge in [-0.3, -0.25) is 9.48 Å². The van der Waals surface area contributed by atoms with E-state index in [1.165, 1.54) is 4.68 Å². The summed E-state index contributed by atoms with van der Waals surface area (Å²) in [4.78, 5) is 11.9. The summed E-state index contributed by atoms with van der Waals surface area (Å²) in [5.74, 6) is -0.183. The minimum absolute atomic E-state index is 0.183. The average molecular weight is 230 g/mol. The molecule has 0 bridgehead atoms. The topological polar surface area (TPSA) is 72.9 Å². The van der Waals surface area contributed by atoms with Gasteiger partial charge in [-0.15, -0.1) is 0 Å². The molecule has 0 atom stereocenters. The highest BCUT2D eigenvalue weighted by Gasteiger charge is 2.10. The Morgan fingerprint density at radius 3 is 2.76 bits per heavy atom. The number of anilines is 2. The number of hydrogen-bond acceptors (Lipinski definition) is 3. The maximum atomic E-state index is 11.9. The highest BCUT2D eigenvalue weighted by atomic mass is 16.2. The Morgan fingerprint density at radius 2 is 2.18 bits per heavy atom. The third-order valence-corrected chi connectivity index (χ3v) is 2.55. The van der Waals surface area contributed by atoms with Gasteiger partial charge in [0, 0.05) is 24.6 Å². The minimum atomic E-state index is -0.183. The van der Waals surface area contributed by atoms with Gasteiger partial charge in [0.15, 0.2) is 0 Å². The van der Waals surface area contributed by atoms with Crippen LogP contribution in [-0.2, 0) is 7.05 Å². The predicted octanol–water partition coefficient (Wildman–Crippen LogP) is 1.56. The summed E-state index contributed by atoms with van der Waals surface area (Å²) in [5.41, 5.74) is 8.53. The molecule has 0 unspecified atom stereocenters. The molecule has 2 aromatic rings. The van der Waals surface area contributed by atoms with Crippen LogP contribution in [0.3, 0.4) is 0 Å². The van der Waals surface area contributed by atoms with Crippen molar-refractivity contribution in [3.8, 4) is 0 Å². The fraction of sp³-hybridized carbons (Fsp3) is 0.167. The standard InChI is InChI=1S/C12H14N4O/c1-8-7-9(13)3-4-10(8)15-12(17)11-5-6-14-16(11)2/h3-7H,13H2,1-2H3,(H,15,17). The van der Waals surface area contributed by atoms with Gasteiger partial charge < -0.3 is 11.1 Å². The van der Waals surface area contributed by atoms with Crippen molar-refractivity contribution >= 4 is 17.3 Å². The normalized spacial score (nSPS) is 10.2. The maximum Gasteiger partial charge on any atom is 0.273 e. The number of amides is 1. The van der Waals surface area contributed by atoms with E-state index in [0.717, 1.165) is 11.3 Å². The van der Waals surface area contributed by atoms with Crippen LogP contribution in [0.5, 0.6) is 0 Å². The first kappa shape index (κ1) is 11.2. The number of aromatic nitrogens is 2. The highest BCUT2D eigenvalue weighted by Crippen LogP contribution is 2.18. The summed E-state index contributed by atoms with van der Waals surface area (Å²) in [6.45, 7) is 1.90. The van der Waals surface area contributed by atoms with Crippen molar-refractivity contribution in [3.05, 3.63) is 41.7 Å². The van der Waals surface area contributed by atoms with E-state index in [-0.39, 0.29) is 5.91 Å². The number of carbonyl (C=O) groups is 1. The van der Waals surface area contributed by atoms with Gasteiger partial charge in [-0.1, -0.05) is 0 Å². The molecule has 5 heteroatoms. The van der Waals surface area contributed by atoms with Crippen molar-refractivity contribution in [1.29, 1.82) is 0 Å². The van der Waals surface area contributed by atoms with Crippen LogP contribution < -0.4 is 11.1 Å². The number of nitrogens with one attached hydrogen (secondary N) is 1. The Hall–Kier alpha value is -2.30. The molecule has 88 valence electrons. The van der Waals surface area contributed by atoms with E-state index in [1.54, 1.807) is 31.4 Å². The molecule has 0 fully saturated rings. The molecule has 1 amide bonds. The Morgan fingerprint density at radius 1 is 1.41 bits per heavy atom. The summed E-state index contributed by atoms with van der Waals surface area (Å²) in [6.07, 6.45) is 1.59. The molecule has 1 heterocycles. The molecule has 0 aliphatic rings. The van der Waals surface area contributed by atoms with E-state index < -0.39 is 0 Å². The lowest BCUT2D eigenvalue weighted by Gasteiger charge is -2.08. The summed E-state index contributed by atoms with van der Waals surface area (Å²) < 4.78 is 1.53. The molecule has 0 saturated heterocycles. The van der Waals surface area contributed by atoms with Crippen LogP contribution in [0.15, 0.2) is 30.5 Å². The van der Waals surface area contributed by atoms with Gasteiger partial charge in [0.25, 0.3) is 5.91 Å². The van der Waals surface area contributed by atoms with Crippen molar-refractivity contribution in [2.24, 2.45) is 7.05 Å². The molecule has 0 spiro atoms. The molecule has 0 saturated carbocycles. The van der Waals surface area contributed by atoms with E-state index >= 15 is 0 Å². The van der Waals surface area contributed by atoms with Gasteiger partial charge in [0.1, 0.15) is 5.69 Å². The van der Waals surface area contributed by atoms with Crippen LogP contribution in [0.25, 0.3) is 0 Å². The van der Waals surface area contributed by atoms with Crippen LogP contribution in [0.2, 0.25) is 0 Å². The van der Waals surface area contributed by atoms with Crippen molar-refractivity contribution in [3.63, 3.8) is 0 Å². The van der Waals surface area contributed by atoms with E-state index in [4.69, 9.17) is 5.73 Å². The molecular formula is C12H14N4O. The van der Waals surface area contributed by atoms with Crippen LogP contribution in [0, 0.1) is 6.92 Å². The second-order valence-electron chi connectivity index (χ2n) is 3.87. The number of aryl methyl sites for hydroxylation is 2. The molecule has 0 aliphatic carbocycles. The summed E-state index contributed by atoms with van der Waals surface area (Å²) in [7, 11) is 1.73. The van der Waals surface area contributed by atoms with Crippen LogP contribution in [-0.4, -0.2) is 15.7 Å². The highest BCUT2D eigenvalue weighted by molar-refractivity contribution is 6.03.